The van der Waals surface area contributed by atoms with Crippen molar-refractivity contribution in [2.45, 2.75) is 37.3 Å². The van der Waals surface area contributed by atoms with E-state index in [9.17, 15) is 31.1 Å². The molecule has 0 radical (unpaired) electrons. The molecule has 0 spiro atoms. The maximum Gasteiger partial charge on any atom is 0.453 e. The lowest BCUT2D eigenvalue weighted by molar-refractivity contribution is -0.284. The van der Waals surface area contributed by atoms with E-state index in [2.05, 4.69) is 35.5 Å². The van der Waals surface area contributed by atoms with E-state index in [1.165, 1.54) is 30.5 Å². The summed E-state index contributed by atoms with van der Waals surface area (Å²) in [6.45, 7) is 1.57. The first-order valence-electron chi connectivity index (χ1n) is 10.7. The lowest BCUT2D eigenvalue weighted by atomic mass is 9.78. The number of alkyl halides is 5. The Labute approximate surface area is 203 Å². The number of hydrogen-bond donors (Lipinski definition) is 3. The first-order chi connectivity index (χ1) is 17.3. The summed E-state index contributed by atoms with van der Waals surface area (Å²) in [7, 11) is 0. The second kappa shape index (κ2) is 8.11. The van der Waals surface area contributed by atoms with Crippen molar-refractivity contribution < 1.29 is 31.1 Å². The van der Waals surface area contributed by atoms with Gasteiger partial charge in [0, 0.05) is 12.8 Å². The fraction of sp³-hybridized carbons (Fsp3) is 0.273. The standard InChI is InChI=1S/C22H16F6N8O/c1-20(9-2-4-10(23)5-3-9)13-15(29)33-18(34-17(13)35-19(20)37)14-11-8-30-36-16(11)32-12(31-14)6-7-21(24,25)22(26,27)28/h2-5,8H,6-7H2,1H3,(H,30,31,32,36)(H3,29,33,34,35,37). The molecular weight excluding hydrogens is 506 g/mol. The highest BCUT2D eigenvalue weighted by atomic mass is 19.4. The summed E-state index contributed by atoms with van der Waals surface area (Å²) in [5, 5.41) is 9.19. The van der Waals surface area contributed by atoms with E-state index in [-0.39, 0.29) is 45.6 Å². The molecular formula is C22H16F6N8O. The number of aryl methyl sites for hydroxylation is 1. The maximum absolute atomic E-state index is 13.5. The van der Waals surface area contributed by atoms with Crippen LogP contribution in [0.4, 0.5) is 38.0 Å². The summed E-state index contributed by atoms with van der Waals surface area (Å²) in [5.74, 6) is -6.50. The van der Waals surface area contributed by atoms with Gasteiger partial charge in [0.2, 0.25) is 5.91 Å². The lowest BCUT2D eigenvalue weighted by Crippen LogP contribution is -2.36. The van der Waals surface area contributed by atoms with Gasteiger partial charge >= 0.3 is 12.1 Å². The number of nitrogens with zero attached hydrogens (tertiary/aromatic N) is 5. The molecule has 0 bridgehead atoms. The molecule has 4 aromatic rings. The van der Waals surface area contributed by atoms with Crippen molar-refractivity contribution in [2.24, 2.45) is 0 Å². The van der Waals surface area contributed by atoms with Gasteiger partial charge in [-0.05, 0) is 24.6 Å². The highest BCUT2D eigenvalue weighted by molar-refractivity contribution is 6.09. The first-order valence-corrected chi connectivity index (χ1v) is 10.7. The van der Waals surface area contributed by atoms with Crippen molar-refractivity contribution in [1.29, 1.82) is 0 Å². The van der Waals surface area contributed by atoms with Gasteiger partial charge in [-0.15, -0.1) is 0 Å². The minimum atomic E-state index is -5.72. The van der Waals surface area contributed by atoms with Gasteiger partial charge in [0.05, 0.1) is 17.1 Å². The Morgan fingerprint density at radius 2 is 1.73 bits per heavy atom. The summed E-state index contributed by atoms with van der Waals surface area (Å²) in [4.78, 5) is 29.7. The van der Waals surface area contributed by atoms with Crippen molar-refractivity contribution in [3.63, 3.8) is 0 Å². The number of carbonyl (C=O) groups excluding carboxylic acids is 1. The van der Waals surface area contributed by atoms with Crippen LogP contribution in [0.3, 0.4) is 0 Å². The normalized spacial score (nSPS) is 17.8. The number of benzene rings is 1. The first kappa shape index (κ1) is 24.4. The van der Waals surface area contributed by atoms with Gasteiger partial charge in [-0.2, -0.15) is 27.1 Å². The predicted octanol–water partition coefficient (Wildman–Crippen LogP) is 3.92. The molecule has 1 aliphatic heterocycles. The third-order valence-corrected chi connectivity index (χ3v) is 6.19. The van der Waals surface area contributed by atoms with Gasteiger partial charge in [0.15, 0.2) is 11.5 Å². The van der Waals surface area contributed by atoms with E-state index in [4.69, 9.17) is 5.73 Å². The van der Waals surface area contributed by atoms with Crippen LogP contribution in [0.5, 0.6) is 0 Å². The van der Waals surface area contributed by atoms with E-state index < -0.39 is 42.1 Å². The van der Waals surface area contributed by atoms with Crippen LogP contribution in [0, 0.1) is 5.82 Å². The largest absolute Gasteiger partial charge is 0.453 e. The molecule has 37 heavy (non-hydrogen) atoms. The molecule has 1 amide bonds. The Morgan fingerprint density at radius 3 is 2.41 bits per heavy atom. The molecule has 5 rings (SSSR count). The fourth-order valence-electron chi connectivity index (χ4n) is 4.15. The van der Waals surface area contributed by atoms with Crippen LogP contribution in [0.1, 0.15) is 30.3 Å². The topological polar surface area (TPSA) is 135 Å². The molecule has 1 atom stereocenters. The monoisotopic (exact) mass is 522 g/mol. The molecule has 0 saturated heterocycles. The smallest absolute Gasteiger partial charge is 0.383 e. The molecule has 4 N–H and O–H groups in total. The van der Waals surface area contributed by atoms with Crippen LogP contribution in [0.15, 0.2) is 30.5 Å². The number of rotatable bonds is 5. The average Bonchev–Trinajstić information content (AvgIpc) is 3.39. The second-order valence-corrected chi connectivity index (χ2v) is 8.57. The molecule has 0 fully saturated rings. The molecule has 15 heteroatoms. The molecule has 3 aromatic heterocycles. The summed E-state index contributed by atoms with van der Waals surface area (Å²) in [6.07, 6.45) is -6.81. The second-order valence-electron chi connectivity index (χ2n) is 8.57. The SMILES string of the molecule is CC1(c2ccc(F)cc2)C(=O)Nc2nc(-c3nc(CCC(F)(F)C(F)(F)F)nc4[nH]ncc34)nc(N)c21. The zero-order valence-electron chi connectivity index (χ0n) is 18.8. The van der Waals surface area contributed by atoms with Crippen LogP contribution >= 0.6 is 0 Å². The van der Waals surface area contributed by atoms with E-state index >= 15 is 0 Å². The van der Waals surface area contributed by atoms with Gasteiger partial charge in [-0.1, -0.05) is 12.1 Å². The third kappa shape index (κ3) is 3.90. The molecule has 0 saturated carbocycles. The number of carbonyl (C=O) groups is 1. The maximum atomic E-state index is 13.5. The number of hydrogen-bond acceptors (Lipinski definition) is 7. The number of nitrogen functional groups attached to an aromatic ring is 1. The van der Waals surface area contributed by atoms with Gasteiger partial charge in [0.25, 0.3) is 0 Å². The van der Waals surface area contributed by atoms with Crippen LogP contribution in [0.25, 0.3) is 22.6 Å². The van der Waals surface area contributed by atoms with Crippen molar-refractivity contribution in [3.8, 4) is 11.5 Å². The lowest BCUT2D eigenvalue weighted by Gasteiger charge is -2.23. The van der Waals surface area contributed by atoms with E-state index in [0.717, 1.165) is 0 Å². The van der Waals surface area contributed by atoms with Crippen LogP contribution in [0.2, 0.25) is 0 Å². The van der Waals surface area contributed by atoms with Gasteiger partial charge in [-0.25, -0.2) is 24.3 Å². The van der Waals surface area contributed by atoms with Crippen LogP contribution in [-0.4, -0.2) is 48.1 Å². The number of nitrogens with one attached hydrogen (secondary N) is 2. The predicted molar refractivity (Wildman–Crippen MR) is 118 cm³/mol. The number of anilines is 2. The zero-order chi connectivity index (χ0) is 26.8. The number of aromatic nitrogens is 6. The fourth-order valence-corrected chi connectivity index (χ4v) is 4.15. The van der Waals surface area contributed by atoms with Gasteiger partial charge in [-0.3, -0.25) is 9.89 Å². The number of H-pyrrole nitrogens is 1. The Balaban J connectivity index is 1.58. The summed E-state index contributed by atoms with van der Waals surface area (Å²) < 4.78 is 78.2. The summed E-state index contributed by atoms with van der Waals surface area (Å²) in [6, 6.07) is 5.24. The molecule has 1 unspecified atom stereocenters. The molecule has 4 heterocycles. The van der Waals surface area contributed by atoms with Gasteiger partial charge in [0.1, 0.15) is 34.4 Å². The Hall–Kier alpha value is -4.30. The Morgan fingerprint density at radius 1 is 1.03 bits per heavy atom. The van der Waals surface area contributed by atoms with E-state index in [1.807, 2.05) is 0 Å². The number of nitrogens with two attached hydrogens (primary N) is 1. The average molecular weight is 522 g/mol. The summed E-state index contributed by atoms with van der Waals surface area (Å²) >= 11 is 0. The minimum absolute atomic E-state index is 0.0387. The summed E-state index contributed by atoms with van der Waals surface area (Å²) in [5.41, 5.74) is 5.56. The molecule has 1 aromatic carbocycles. The van der Waals surface area contributed by atoms with Crippen molar-refractivity contribution in [2.75, 3.05) is 11.1 Å². The van der Waals surface area contributed by atoms with Crippen molar-refractivity contribution in [1.82, 2.24) is 30.1 Å². The molecule has 9 nitrogen and oxygen atoms in total. The molecule has 192 valence electrons. The molecule has 0 aliphatic carbocycles. The van der Waals surface area contributed by atoms with Gasteiger partial charge < -0.3 is 11.1 Å². The minimum Gasteiger partial charge on any atom is -0.383 e. The highest BCUT2D eigenvalue weighted by Crippen LogP contribution is 2.45. The van der Waals surface area contributed by atoms with Crippen LogP contribution < -0.4 is 11.1 Å². The Bertz CT molecular complexity index is 1530. The third-order valence-electron chi connectivity index (χ3n) is 6.19. The van der Waals surface area contributed by atoms with Crippen molar-refractivity contribution >= 4 is 28.6 Å². The molecule has 1 aliphatic rings. The highest BCUT2D eigenvalue weighted by Gasteiger charge is 2.56. The van der Waals surface area contributed by atoms with E-state index in [1.54, 1.807) is 6.92 Å². The number of halogens is 6. The number of amides is 1. The quantitative estimate of drug-likeness (QED) is 0.338. The zero-order valence-corrected chi connectivity index (χ0v) is 18.8. The Kier molecular flexibility index (Phi) is 5.35. The van der Waals surface area contributed by atoms with Crippen LogP contribution in [-0.2, 0) is 16.6 Å². The number of aromatic amines is 1. The van der Waals surface area contributed by atoms with Crippen molar-refractivity contribution in [3.05, 3.63) is 53.2 Å². The van der Waals surface area contributed by atoms with E-state index in [0.29, 0.717) is 5.56 Å². The number of fused-ring (bicyclic) bond motifs is 2.